The Kier molecular flexibility index (Phi) is 4.88. The van der Waals surface area contributed by atoms with Crippen molar-refractivity contribution in [3.8, 4) is 5.75 Å². The number of carbonyl (C=O) groups is 2. The van der Waals surface area contributed by atoms with E-state index < -0.39 is 0 Å². The molecule has 0 saturated carbocycles. The summed E-state index contributed by atoms with van der Waals surface area (Å²) in [5.41, 5.74) is 3.67. The van der Waals surface area contributed by atoms with E-state index in [1.54, 1.807) is 23.1 Å². The standard InChI is InChI=1S/C19H21N3O3/c1-13(23)20-17-8-7-16(11-18(17)25-2)21-19(24)22-10-9-14-5-3-4-6-15(14)12-22/h3-8,11H,9-10,12H2,1-2H3,(H,20,23)(H,21,24). The number of benzene rings is 2. The van der Waals surface area contributed by atoms with E-state index in [2.05, 4.69) is 22.8 Å². The molecule has 6 heteroatoms. The first-order valence-corrected chi connectivity index (χ1v) is 8.15. The lowest BCUT2D eigenvalue weighted by molar-refractivity contribution is -0.114. The number of methoxy groups -OCH3 is 1. The molecule has 0 atom stereocenters. The SMILES string of the molecule is COc1cc(NC(=O)N2CCc3ccccc3C2)ccc1NC(C)=O. The molecule has 0 fully saturated rings. The maximum absolute atomic E-state index is 12.5. The summed E-state index contributed by atoms with van der Waals surface area (Å²) >= 11 is 0. The molecule has 1 aliphatic heterocycles. The van der Waals surface area contributed by atoms with Crippen LogP contribution in [-0.4, -0.2) is 30.5 Å². The number of hydrogen-bond acceptors (Lipinski definition) is 3. The summed E-state index contributed by atoms with van der Waals surface area (Å²) in [6, 6.07) is 13.2. The van der Waals surface area contributed by atoms with Crippen molar-refractivity contribution in [1.82, 2.24) is 4.90 Å². The molecular weight excluding hydrogens is 318 g/mol. The molecule has 130 valence electrons. The number of carbonyl (C=O) groups excluding carboxylic acids is 2. The van der Waals surface area contributed by atoms with Gasteiger partial charge in [0, 0.05) is 31.8 Å². The molecule has 0 radical (unpaired) electrons. The van der Waals surface area contributed by atoms with Gasteiger partial charge in [0.2, 0.25) is 5.91 Å². The molecule has 2 aromatic rings. The van der Waals surface area contributed by atoms with Crippen molar-refractivity contribution in [1.29, 1.82) is 0 Å². The van der Waals surface area contributed by atoms with Gasteiger partial charge in [-0.05, 0) is 29.7 Å². The van der Waals surface area contributed by atoms with Crippen LogP contribution in [-0.2, 0) is 17.8 Å². The van der Waals surface area contributed by atoms with Gasteiger partial charge in [-0.1, -0.05) is 24.3 Å². The van der Waals surface area contributed by atoms with E-state index in [0.717, 1.165) is 6.42 Å². The van der Waals surface area contributed by atoms with Crippen molar-refractivity contribution in [3.63, 3.8) is 0 Å². The molecule has 3 rings (SSSR count). The highest BCUT2D eigenvalue weighted by Crippen LogP contribution is 2.28. The molecule has 0 saturated heterocycles. The number of anilines is 2. The fourth-order valence-electron chi connectivity index (χ4n) is 2.93. The molecule has 0 aliphatic carbocycles. The van der Waals surface area contributed by atoms with Crippen molar-refractivity contribution in [2.24, 2.45) is 0 Å². The smallest absolute Gasteiger partial charge is 0.322 e. The molecular formula is C19H21N3O3. The van der Waals surface area contributed by atoms with Gasteiger partial charge in [-0.25, -0.2) is 4.79 Å². The number of nitrogens with zero attached hydrogens (tertiary/aromatic N) is 1. The predicted molar refractivity (Wildman–Crippen MR) is 96.9 cm³/mol. The Morgan fingerprint density at radius 2 is 1.84 bits per heavy atom. The van der Waals surface area contributed by atoms with Gasteiger partial charge in [0.15, 0.2) is 0 Å². The monoisotopic (exact) mass is 339 g/mol. The lowest BCUT2D eigenvalue weighted by Gasteiger charge is -2.29. The Bertz CT molecular complexity index is 804. The van der Waals surface area contributed by atoms with Crippen LogP contribution in [0.3, 0.4) is 0 Å². The van der Waals surface area contributed by atoms with E-state index in [1.807, 2.05) is 12.1 Å². The second kappa shape index (κ2) is 7.25. The summed E-state index contributed by atoms with van der Waals surface area (Å²) in [7, 11) is 1.52. The Labute approximate surface area is 146 Å². The molecule has 6 nitrogen and oxygen atoms in total. The van der Waals surface area contributed by atoms with Crippen LogP contribution in [0.1, 0.15) is 18.1 Å². The van der Waals surface area contributed by atoms with Crippen molar-refractivity contribution in [2.45, 2.75) is 19.9 Å². The Hall–Kier alpha value is -3.02. The molecule has 0 unspecified atom stereocenters. The van der Waals surface area contributed by atoms with E-state index in [9.17, 15) is 9.59 Å². The molecule has 0 aromatic heterocycles. The van der Waals surface area contributed by atoms with E-state index in [4.69, 9.17) is 4.74 Å². The minimum absolute atomic E-state index is 0.149. The molecule has 3 amide bonds. The van der Waals surface area contributed by atoms with Gasteiger partial charge in [0.1, 0.15) is 5.75 Å². The summed E-state index contributed by atoms with van der Waals surface area (Å²) in [6.45, 7) is 2.72. The summed E-state index contributed by atoms with van der Waals surface area (Å²) in [5.74, 6) is 0.319. The van der Waals surface area contributed by atoms with Gasteiger partial charge in [-0.15, -0.1) is 0 Å². The first kappa shape index (κ1) is 16.8. The number of amides is 3. The molecule has 0 spiro atoms. The van der Waals surface area contributed by atoms with Crippen LogP contribution >= 0.6 is 0 Å². The number of fused-ring (bicyclic) bond motifs is 1. The first-order chi connectivity index (χ1) is 12.1. The largest absolute Gasteiger partial charge is 0.494 e. The Morgan fingerprint density at radius 1 is 1.08 bits per heavy atom. The van der Waals surface area contributed by atoms with Crippen LogP contribution in [0.25, 0.3) is 0 Å². The Balaban J connectivity index is 1.70. The molecule has 2 N–H and O–H groups in total. The lowest BCUT2D eigenvalue weighted by atomic mass is 10.0. The van der Waals surface area contributed by atoms with Crippen LogP contribution in [0, 0.1) is 0 Å². The average Bonchev–Trinajstić information content (AvgIpc) is 2.62. The number of ether oxygens (including phenoxy) is 1. The molecule has 2 aromatic carbocycles. The van der Waals surface area contributed by atoms with Crippen LogP contribution < -0.4 is 15.4 Å². The summed E-state index contributed by atoms with van der Waals surface area (Å²) in [5, 5.41) is 5.58. The number of nitrogens with one attached hydrogen (secondary N) is 2. The summed E-state index contributed by atoms with van der Waals surface area (Å²) in [6.07, 6.45) is 0.856. The van der Waals surface area contributed by atoms with Gasteiger partial charge in [0.25, 0.3) is 0 Å². The summed E-state index contributed by atoms with van der Waals surface area (Å²) in [4.78, 5) is 25.5. The van der Waals surface area contributed by atoms with Crippen molar-refractivity contribution in [3.05, 3.63) is 53.6 Å². The fourth-order valence-corrected chi connectivity index (χ4v) is 2.93. The van der Waals surface area contributed by atoms with Crippen LogP contribution in [0.4, 0.5) is 16.2 Å². The third-order valence-electron chi connectivity index (χ3n) is 4.18. The lowest BCUT2D eigenvalue weighted by Crippen LogP contribution is -2.38. The molecule has 1 aliphatic rings. The normalized spacial score (nSPS) is 13.0. The van der Waals surface area contributed by atoms with Gasteiger partial charge >= 0.3 is 6.03 Å². The predicted octanol–water partition coefficient (Wildman–Crippen LogP) is 3.24. The summed E-state index contributed by atoms with van der Waals surface area (Å²) < 4.78 is 5.28. The maximum atomic E-state index is 12.5. The van der Waals surface area contributed by atoms with Crippen LogP contribution in [0.2, 0.25) is 0 Å². The van der Waals surface area contributed by atoms with Gasteiger partial charge in [-0.3, -0.25) is 4.79 Å². The highest BCUT2D eigenvalue weighted by molar-refractivity contribution is 5.93. The number of rotatable bonds is 3. The molecule has 25 heavy (non-hydrogen) atoms. The van der Waals surface area contributed by atoms with Gasteiger partial charge < -0.3 is 20.3 Å². The van der Waals surface area contributed by atoms with Crippen LogP contribution in [0.15, 0.2) is 42.5 Å². The Morgan fingerprint density at radius 3 is 2.56 bits per heavy atom. The molecule has 1 heterocycles. The zero-order valence-electron chi connectivity index (χ0n) is 14.3. The van der Waals surface area contributed by atoms with Crippen molar-refractivity contribution < 1.29 is 14.3 Å². The van der Waals surface area contributed by atoms with Gasteiger partial charge in [-0.2, -0.15) is 0 Å². The second-order valence-electron chi connectivity index (χ2n) is 5.97. The molecule has 0 bridgehead atoms. The van der Waals surface area contributed by atoms with E-state index >= 15 is 0 Å². The minimum atomic E-state index is -0.179. The van der Waals surface area contributed by atoms with Crippen molar-refractivity contribution >= 4 is 23.3 Å². The average molecular weight is 339 g/mol. The second-order valence-corrected chi connectivity index (χ2v) is 5.97. The fraction of sp³-hybridized carbons (Fsp3) is 0.263. The zero-order chi connectivity index (χ0) is 17.8. The highest BCUT2D eigenvalue weighted by Gasteiger charge is 2.20. The first-order valence-electron chi connectivity index (χ1n) is 8.15. The topological polar surface area (TPSA) is 70.7 Å². The van der Waals surface area contributed by atoms with Crippen LogP contribution in [0.5, 0.6) is 5.75 Å². The van der Waals surface area contributed by atoms with Gasteiger partial charge in [0.05, 0.1) is 12.8 Å². The highest BCUT2D eigenvalue weighted by atomic mass is 16.5. The number of hydrogen-bond donors (Lipinski definition) is 2. The van der Waals surface area contributed by atoms with E-state index in [1.165, 1.54) is 25.2 Å². The number of urea groups is 1. The van der Waals surface area contributed by atoms with E-state index in [0.29, 0.717) is 30.2 Å². The quantitative estimate of drug-likeness (QED) is 0.902. The van der Waals surface area contributed by atoms with Crippen molar-refractivity contribution in [2.75, 3.05) is 24.3 Å². The minimum Gasteiger partial charge on any atom is -0.494 e. The zero-order valence-corrected chi connectivity index (χ0v) is 14.3. The van der Waals surface area contributed by atoms with E-state index in [-0.39, 0.29) is 11.9 Å². The third kappa shape index (κ3) is 3.91. The maximum Gasteiger partial charge on any atom is 0.322 e. The third-order valence-corrected chi connectivity index (χ3v) is 4.18.